The number of amides is 1. The van der Waals surface area contributed by atoms with E-state index in [0.717, 1.165) is 46.4 Å². The molecule has 1 amide bonds. The molecule has 1 fully saturated rings. The van der Waals surface area contributed by atoms with Crippen LogP contribution in [-0.2, 0) is 5.88 Å². The number of hydrogen-bond acceptors (Lipinski definition) is 4. The zero-order valence-corrected chi connectivity index (χ0v) is 13.8. The van der Waals surface area contributed by atoms with Crippen molar-refractivity contribution in [2.24, 2.45) is 0 Å². The van der Waals surface area contributed by atoms with E-state index in [1.807, 2.05) is 46.3 Å². The summed E-state index contributed by atoms with van der Waals surface area (Å²) in [5, 5.41) is 2.91. The molecule has 0 N–H and O–H groups in total. The average Bonchev–Trinajstić information content (AvgIpc) is 3.04. The summed E-state index contributed by atoms with van der Waals surface area (Å²) in [6, 6.07) is 7.70. The van der Waals surface area contributed by atoms with Gasteiger partial charge in [-0.2, -0.15) is 11.8 Å². The lowest BCUT2D eigenvalue weighted by atomic mass is 10.1. The maximum atomic E-state index is 12.4. The number of halogens is 1. The van der Waals surface area contributed by atoms with Crippen LogP contribution in [-0.4, -0.2) is 40.4 Å². The first-order valence-electron chi connectivity index (χ1n) is 6.76. The fraction of sp³-hybridized carbons (Fsp3) is 0.333. The van der Waals surface area contributed by atoms with Gasteiger partial charge in [-0.25, -0.2) is 4.98 Å². The van der Waals surface area contributed by atoms with Crippen molar-refractivity contribution in [2.45, 2.75) is 5.88 Å². The topological polar surface area (TPSA) is 33.2 Å². The van der Waals surface area contributed by atoms with Crippen LogP contribution < -0.4 is 0 Å². The lowest BCUT2D eigenvalue weighted by Gasteiger charge is -2.26. The van der Waals surface area contributed by atoms with E-state index in [2.05, 4.69) is 4.98 Å². The van der Waals surface area contributed by atoms with Crippen LogP contribution in [0, 0.1) is 0 Å². The molecule has 2 aromatic rings. The van der Waals surface area contributed by atoms with E-state index in [9.17, 15) is 4.79 Å². The first-order valence-corrected chi connectivity index (χ1v) is 9.32. The second kappa shape index (κ2) is 6.81. The highest BCUT2D eigenvalue weighted by atomic mass is 35.5. The molecular weight excluding hydrogens is 324 g/mol. The van der Waals surface area contributed by atoms with Gasteiger partial charge in [-0.1, -0.05) is 12.1 Å². The van der Waals surface area contributed by atoms with E-state index < -0.39 is 0 Å². The molecule has 110 valence electrons. The van der Waals surface area contributed by atoms with Crippen LogP contribution in [0.25, 0.3) is 10.6 Å². The van der Waals surface area contributed by atoms with Gasteiger partial charge in [0.25, 0.3) is 5.91 Å². The van der Waals surface area contributed by atoms with Crippen molar-refractivity contribution in [1.29, 1.82) is 0 Å². The zero-order valence-electron chi connectivity index (χ0n) is 11.4. The first-order chi connectivity index (χ1) is 10.3. The molecule has 0 radical (unpaired) electrons. The highest BCUT2D eigenvalue weighted by Gasteiger charge is 2.18. The molecule has 0 unspecified atom stereocenters. The van der Waals surface area contributed by atoms with Crippen LogP contribution in [0.4, 0.5) is 0 Å². The van der Waals surface area contributed by atoms with Crippen molar-refractivity contribution in [3.63, 3.8) is 0 Å². The number of thioether (sulfide) groups is 1. The number of aromatic nitrogens is 1. The van der Waals surface area contributed by atoms with Crippen LogP contribution in [0.1, 0.15) is 16.1 Å². The molecule has 0 bridgehead atoms. The number of alkyl halides is 1. The molecule has 1 aromatic heterocycles. The lowest BCUT2D eigenvalue weighted by molar-refractivity contribution is 0.0772. The molecule has 0 aliphatic carbocycles. The summed E-state index contributed by atoms with van der Waals surface area (Å²) in [6.45, 7) is 1.69. The number of rotatable bonds is 3. The van der Waals surface area contributed by atoms with Gasteiger partial charge in [-0.05, 0) is 12.1 Å². The van der Waals surface area contributed by atoms with Gasteiger partial charge in [0.2, 0.25) is 0 Å². The van der Waals surface area contributed by atoms with E-state index in [4.69, 9.17) is 11.6 Å². The van der Waals surface area contributed by atoms with Gasteiger partial charge < -0.3 is 4.90 Å². The third kappa shape index (κ3) is 3.42. The van der Waals surface area contributed by atoms with Gasteiger partial charge in [0, 0.05) is 41.1 Å². The molecule has 1 saturated heterocycles. The Bertz CT molecular complexity index is 621. The zero-order chi connectivity index (χ0) is 14.7. The van der Waals surface area contributed by atoms with E-state index in [0.29, 0.717) is 5.88 Å². The molecule has 3 nitrogen and oxygen atoms in total. The van der Waals surface area contributed by atoms with Gasteiger partial charge in [-0.3, -0.25) is 4.79 Å². The van der Waals surface area contributed by atoms with Gasteiger partial charge in [0.05, 0.1) is 11.6 Å². The fourth-order valence-electron chi connectivity index (χ4n) is 2.21. The number of carbonyl (C=O) groups is 1. The normalized spacial score (nSPS) is 15.2. The Balaban J connectivity index is 1.75. The Morgan fingerprint density at radius 1 is 1.24 bits per heavy atom. The molecule has 0 saturated carbocycles. The van der Waals surface area contributed by atoms with Crippen molar-refractivity contribution in [3.05, 3.63) is 40.9 Å². The smallest absolute Gasteiger partial charge is 0.253 e. The van der Waals surface area contributed by atoms with Crippen molar-refractivity contribution < 1.29 is 4.79 Å². The van der Waals surface area contributed by atoms with Gasteiger partial charge in [-0.15, -0.1) is 22.9 Å². The minimum absolute atomic E-state index is 0.127. The number of carbonyl (C=O) groups excluding carboxylic acids is 1. The fourth-order valence-corrected chi connectivity index (χ4v) is 4.16. The summed E-state index contributed by atoms with van der Waals surface area (Å²) >= 11 is 9.25. The number of hydrogen-bond donors (Lipinski definition) is 0. The average molecular weight is 339 g/mol. The Labute approximate surface area is 137 Å². The highest BCUT2D eigenvalue weighted by molar-refractivity contribution is 7.99. The van der Waals surface area contributed by atoms with E-state index in [1.165, 1.54) is 0 Å². The molecular formula is C15H15ClN2OS2. The molecule has 1 aliphatic heterocycles. The van der Waals surface area contributed by atoms with Gasteiger partial charge in [0.1, 0.15) is 5.01 Å². The SMILES string of the molecule is O=C(c1ccc(-c2nc(CCl)cs2)cc1)N1CCSCC1. The molecule has 6 heteroatoms. The monoisotopic (exact) mass is 338 g/mol. The predicted molar refractivity (Wildman–Crippen MR) is 90.3 cm³/mol. The summed E-state index contributed by atoms with van der Waals surface area (Å²) in [4.78, 5) is 18.8. The first kappa shape index (κ1) is 14.9. The quantitative estimate of drug-likeness (QED) is 0.799. The lowest BCUT2D eigenvalue weighted by Crippen LogP contribution is -2.37. The number of thiazole rings is 1. The summed E-state index contributed by atoms with van der Waals surface area (Å²) in [5.74, 6) is 2.62. The molecule has 0 atom stereocenters. The molecule has 21 heavy (non-hydrogen) atoms. The summed E-state index contributed by atoms with van der Waals surface area (Å²) < 4.78 is 0. The Kier molecular flexibility index (Phi) is 4.83. The van der Waals surface area contributed by atoms with Crippen LogP contribution in [0.3, 0.4) is 0 Å². The third-order valence-electron chi connectivity index (χ3n) is 3.37. The summed E-state index contributed by atoms with van der Waals surface area (Å²) in [6.07, 6.45) is 0. The van der Waals surface area contributed by atoms with E-state index >= 15 is 0 Å². The van der Waals surface area contributed by atoms with Crippen LogP contribution >= 0.6 is 34.7 Å². The maximum absolute atomic E-state index is 12.4. The van der Waals surface area contributed by atoms with E-state index in [-0.39, 0.29) is 5.91 Å². The molecule has 2 heterocycles. The second-order valence-electron chi connectivity index (χ2n) is 4.76. The minimum Gasteiger partial charge on any atom is -0.337 e. The van der Waals surface area contributed by atoms with Crippen LogP contribution in [0.15, 0.2) is 29.6 Å². The third-order valence-corrected chi connectivity index (χ3v) is 5.52. The van der Waals surface area contributed by atoms with Crippen LogP contribution in [0.5, 0.6) is 0 Å². The van der Waals surface area contributed by atoms with Crippen molar-refractivity contribution >= 4 is 40.6 Å². The van der Waals surface area contributed by atoms with Gasteiger partial charge in [0.15, 0.2) is 0 Å². The second-order valence-corrected chi connectivity index (χ2v) is 7.11. The highest BCUT2D eigenvalue weighted by Crippen LogP contribution is 2.25. The van der Waals surface area contributed by atoms with Crippen molar-refractivity contribution in [3.8, 4) is 10.6 Å². The maximum Gasteiger partial charge on any atom is 0.253 e. The minimum atomic E-state index is 0.127. The molecule has 1 aliphatic rings. The number of nitrogens with zero attached hydrogens (tertiary/aromatic N) is 2. The Hall–Kier alpha value is -1.04. The molecule has 3 rings (SSSR count). The largest absolute Gasteiger partial charge is 0.337 e. The van der Waals surface area contributed by atoms with E-state index in [1.54, 1.807) is 11.3 Å². The Morgan fingerprint density at radius 3 is 2.57 bits per heavy atom. The molecule has 0 spiro atoms. The van der Waals surface area contributed by atoms with Crippen molar-refractivity contribution in [2.75, 3.05) is 24.6 Å². The summed E-state index contributed by atoms with van der Waals surface area (Å²) in [5.41, 5.74) is 2.67. The standard InChI is InChI=1S/C15H15ClN2OS2/c16-9-13-10-21-14(17-13)11-1-3-12(4-2-11)15(19)18-5-7-20-8-6-18/h1-4,10H,5-9H2. The van der Waals surface area contributed by atoms with Crippen LogP contribution in [0.2, 0.25) is 0 Å². The predicted octanol–water partition coefficient (Wildman–Crippen LogP) is 3.74. The molecule has 1 aromatic carbocycles. The summed E-state index contributed by atoms with van der Waals surface area (Å²) in [7, 11) is 0. The number of benzene rings is 1. The van der Waals surface area contributed by atoms with Crippen molar-refractivity contribution in [1.82, 2.24) is 9.88 Å². The van der Waals surface area contributed by atoms with Gasteiger partial charge >= 0.3 is 0 Å². The Morgan fingerprint density at radius 2 is 1.95 bits per heavy atom.